The monoisotopic (exact) mass is 210 g/mol. The van der Waals surface area contributed by atoms with E-state index in [4.69, 9.17) is 0 Å². The molecule has 1 atom stereocenters. The maximum atomic E-state index is 11.9. The summed E-state index contributed by atoms with van der Waals surface area (Å²) in [6, 6.07) is 5.51. The molecule has 78 valence electrons. The van der Waals surface area contributed by atoms with E-state index in [1.807, 2.05) is 37.3 Å². The smallest absolute Gasteiger partial charge is 0.229 e. The first-order valence-electron chi connectivity index (χ1n) is 5.29. The number of Topliss-reactive ketones (excluding diaryl/α,β-unsaturated/α-hetero) is 2. The molecule has 1 unspecified atom stereocenters. The van der Waals surface area contributed by atoms with E-state index in [9.17, 15) is 9.59 Å². The molecule has 2 aliphatic carbocycles. The summed E-state index contributed by atoms with van der Waals surface area (Å²) in [4.78, 5) is 23.7. The Morgan fingerprint density at radius 2 is 2.00 bits per heavy atom. The minimum atomic E-state index is -0.353. The third-order valence-electron chi connectivity index (χ3n) is 3.28. The maximum absolute atomic E-state index is 11.9. The molecule has 0 amide bonds. The van der Waals surface area contributed by atoms with Gasteiger partial charge in [0.1, 0.15) is 0 Å². The topological polar surface area (TPSA) is 34.1 Å². The lowest BCUT2D eigenvalue weighted by Gasteiger charge is -2.17. The molecule has 0 saturated heterocycles. The molecular weight excluding hydrogens is 200 g/mol. The minimum absolute atomic E-state index is 0.292. The van der Waals surface area contributed by atoms with E-state index in [0.29, 0.717) is 5.56 Å². The highest BCUT2D eigenvalue weighted by atomic mass is 16.2. The number of ketones is 2. The molecule has 0 aromatic heterocycles. The Bertz CT molecular complexity index is 576. The Morgan fingerprint density at radius 1 is 1.19 bits per heavy atom. The zero-order valence-corrected chi connectivity index (χ0v) is 8.86. The van der Waals surface area contributed by atoms with Crippen LogP contribution < -0.4 is 0 Å². The molecule has 0 N–H and O–H groups in total. The van der Waals surface area contributed by atoms with E-state index < -0.39 is 0 Å². The summed E-state index contributed by atoms with van der Waals surface area (Å²) in [6.45, 7) is 1.89. The van der Waals surface area contributed by atoms with Crippen LogP contribution in [0.4, 0.5) is 0 Å². The van der Waals surface area contributed by atoms with Crippen molar-refractivity contribution < 1.29 is 9.59 Å². The molecule has 0 radical (unpaired) electrons. The number of allylic oxidation sites excluding steroid dienone is 3. The molecule has 3 rings (SSSR count). The van der Waals surface area contributed by atoms with Gasteiger partial charge in [-0.25, -0.2) is 0 Å². The van der Waals surface area contributed by atoms with Gasteiger partial charge in [-0.15, -0.1) is 0 Å². The van der Waals surface area contributed by atoms with Crippen LogP contribution in [0.1, 0.15) is 34.3 Å². The van der Waals surface area contributed by atoms with E-state index in [1.165, 1.54) is 0 Å². The zero-order valence-electron chi connectivity index (χ0n) is 8.86. The van der Waals surface area contributed by atoms with Crippen molar-refractivity contribution in [2.75, 3.05) is 0 Å². The molecule has 2 aliphatic rings. The summed E-state index contributed by atoms with van der Waals surface area (Å²) in [7, 11) is 0. The average molecular weight is 210 g/mol. The first kappa shape index (κ1) is 9.28. The van der Waals surface area contributed by atoms with Crippen molar-refractivity contribution in [3.8, 4) is 0 Å². The highest BCUT2D eigenvalue weighted by Gasteiger charge is 2.41. The lowest BCUT2D eigenvalue weighted by atomic mass is 9.84. The van der Waals surface area contributed by atoms with Gasteiger partial charge < -0.3 is 0 Å². The number of carbonyl (C=O) groups excluding carboxylic acids is 2. The maximum Gasteiger partial charge on any atom is 0.229 e. The van der Waals surface area contributed by atoms with Gasteiger partial charge in [0.15, 0.2) is 0 Å². The Balaban J connectivity index is 2.37. The molecule has 2 nitrogen and oxygen atoms in total. The van der Waals surface area contributed by atoms with Crippen LogP contribution in [0.15, 0.2) is 35.9 Å². The molecular formula is C14H10O2. The summed E-state index contributed by atoms with van der Waals surface area (Å²) >= 11 is 0. The van der Waals surface area contributed by atoms with Crippen molar-refractivity contribution in [2.24, 2.45) is 0 Å². The number of hydrogen-bond acceptors (Lipinski definition) is 2. The van der Waals surface area contributed by atoms with E-state index in [0.717, 1.165) is 16.7 Å². The third-order valence-corrected chi connectivity index (χ3v) is 3.28. The Labute approximate surface area is 93.3 Å². The predicted molar refractivity (Wildman–Crippen MR) is 61.3 cm³/mol. The SMILES string of the molecule is CC=C1C=Cc2cccc3c2C1C(=O)C3=O. The first-order chi connectivity index (χ1) is 7.74. The second kappa shape index (κ2) is 3.01. The molecule has 0 spiro atoms. The molecule has 1 aromatic rings. The van der Waals surface area contributed by atoms with Gasteiger partial charge in [-0.05, 0) is 23.6 Å². The van der Waals surface area contributed by atoms with Crippen molar-refractivity contribution in [2.45, 2.75) is 12.8 Å². The van der Waals surface area contributed by atoms with E-state index >= 15 is 0 Å². The second-order valence-electron chi connectivity index (χ2n) is 4.06. The van der Waals surface area contributed by atoms with Crippen LogP contribution in [0.2, 0.25) is 0 Å². The number of benzene rings is 1. The highest BCUT2D eigenvalue weighted by molar-refractivity contribution is 6.50. The van der Waals surface area contributed by atoms with Crippen LogP contribution in [-0.2, 0) is 4.79 Å². The van der Waals surface area contributed by atoms with Gasteiger partial charge in [0.25, 0.3) is 0 Å². The Kier molecular flexibility index (Phi) is 1.75. The predicted octanol–water partition coefficient (Wildman–Crippen LogP) is 2.51. The van der Waals surface area contributed by atoms with Crippen molar-refractivity contribution in [1.29, 1.82) is 0 Å². The Hall–Kier alpha value is -1.96. The second-order valence-corrected chi connectivity index (χ2v) is 4.06. The average Bonchev–Trinajstić information content (AvgIpc) is 2.58. The summed E-state index contributed by atoms with van der Waals surface area (Å²) in [5, 5.41) is 0. The quantitative estimate of drug-likeness (QED) is 0.616. The van der Waals surface area contributed by atoms with E-state index in [1.54, 1.807) is 6.07 Å². The van der Waals surface area contributed by atoms with Crippen molar-refractivity contribution in [3.63, 3.8) is 0 Å². The summed E-state index contributed by atoms with van der Waals surface area (Å²) in [5.41, 5.74) is 3.40. The van der Waals surface area contributed by atoms with Gasteiger partial charge in [0, 0.05) is 5.56 Å². The first-order valence-corrected chi connectivity index (χ1v) is 5.29. The normalized spacial score (nSPS) is 24.1. The van der Waals surface area contributed by atoms with Crippen LogP contribution in [0.25, 0.3) is 6.08 Å². The summed E-state index contributed by atoms with van der Waals surface area (Å²) < 4.78 is 0. The van der Waals surface area contributed by atoms with Crippen LogP contribution in [0.5, 0.6) is 0 Å². The molecule has 0 bridgehead atoms. The zero-order chi connectivity index (χ0) is 11.3. The molecule has 16 heavy (non-hydrogen) atoms. The van der Waals surface area contributed by atoms with Crippen molar-refractivity contribution in [1.82, 2.24) is 0 Å². The third kappa shape index (κ3) is 0.963. The van der Waals surface area contributed by atoms with Crippen LogP contribution in [0, 0.1) is 0 Å². The molecule has 0 saturated carbocycles. The van der Waals surface area contributed by atoms with Gasteiger partial charge in [0.05, 0.1) is 5.92 Å². The van der Waals surface area contributed by atoms with Crippen molar-refractivity contribution in [3.05, 3.63) is 52.6 Å². The largest absolute Gasteiger partial charge is 0.289 e. The lowest BCUT2D eigenvalue weighted by Crippen LogP contribution is -2.14. The van der Waals surface area contributed by atoms with E-state index in [-0.39, 0.29) is 17.5 Å². The van der Waals surface area contributed by atoms with E-state index in [2.05, 4.69) is 0 Å². The molecule has 0 heterocycles. The van der Waals surface area contributed by atoms with Gasteiger partial charge >= 0.3 is 0 Å². The lowest BCUT2D eigenvalue weighted by molar-refractivity contribution is -0.115. The molecule has 1 aromatic carbocycles. The molecule has 2 heteroatoms. The fourth-order valence-corrected chi connectivity index (χ4v) is 2.51. The Morgan fingerprint density at radius 3 is 2.75 bits per heavy atom. The summed E-state index contributed by atoms with van der Waals surface area (Å²) in [5.74, 6) is -0.988. The number of hydrogen-bond donors (Lipinski definition) is 0. The van der Waals surface area contributed by atoms with Gasteiger partial charge in [-0.2, -0.15) is 0 Å². The van der Waals surface area contributed by atoms with Crippen LogP contribution in [0.3, 0.4) is 0 Å². The van der Waals surface area contributed by atoms with Crippen LogP contribution in [-0.4, -0.2) is 11.6 Å². The fraction of sp³-hybridized carbons (Fsp3) is 0.143. The highest BCUT2D eigenvalue weighted by Crippen LogP contribution is 2.41. The molecule has 0 fully saturated rings. The minimum Gasteiger partial charge on any atom is -0.289 e. The van der Waals surface area contributed by atoms with Gasteiger partial charge in [0.2, 0.25) is 11.6 Å². The summed E-state index contributed by atoms with van der Waals surface area (Å²) in [6.07, 6.45) is 5.79. The number of carbonyl (C=O) groups is 2. The van der Waals surface area contributed by atoms with Crippen molar-refractivity contribution >= 4 is 17.6 Å². The molecule has 0 aliphatic heterocycles. The fourth-order valence-electron chi connectivity index (χ4n) is 2.51. The van der Waals surface area contributed by atoms with Crippen LogP contribution >= 0.6 is 0 Å². The number of rotatable bonds is 0. The van der Waals surface area contributed by atoms with Gasteiger partial charge in [-0.1, -0.05) is 36.4 Å². The van der Waals surface area contributed by atoms with Gasteiger partial charge in [-0.3, -0.25) is 9.59 Å². The standard InChI is InChI=1S/C14H10O2/c1-2-8-6-7-9-4-3-5-10-11(9)12(8)14(16)13(10)15/h2-7,12H,1H3.